The van der Waals surface area contributed by atoms with E-state index in [0.29, 0.717) is 12.8 Å². The molecule has 1 aromatic carbocycles. The number of imide groups is 1. The summed E-state index contributed by atoms with van der Waals surface area (Å²) >= 11 is 0. The molecule has 8 heteroatoms. The van der Waals surface area contributed by atoms with Gasteiger partial charge >= 0.3 is 6.03 Å². The molecule has 2 aliphatic heterocycles. The average Bonchev–Trinajstić information content (AvgIpc) is 3.00. The molecule has 0 bridgehead atoms. The van der Waals surface area contributed by atoms with E-state index in [0.717, 1.165) is 57.0 Å². The largest absolute Gasteiger partial charge is 0.344 e. The first kappa shape index (κ1) is 21.5. The van der Waals surface area contributed by atoms with E-state index in [1.807, 2.05) is 18.2 Å². The van der Waals surface area contributed by atoms with Crippen molar-refractivity contribution < 1.29 is 14.4 Å². The molecule has 4 amide bonds. The molecule has 8 nitrogen and oxygen atoms in total. The summed E-state index contributed by atoms with van der Waals surface area (Å²) in [7, 11) is 0. The van der Waals surface area contributed by atoms with Gasteiger partial charge in [-0.25, -0.2) is 4.79 Å². The Bertz CT molecular complexity index is 827. The summed E-state index contributed by atoms with van der Waals surface area (Å²) in [5.41, 5.74) is 2.90. The van der Waals surface area contributed by atoms with Gasteiger partial charge in [-0.1, -0.05) is 61.7 Å². The van der Waals surface area contributed by atoms with Crippen LogP contribution < -0.4 is 10.7 Å². The topological polar surface area (TPSA) is 85.0 Å². The van der Waals surface area contributed by atoms with Crippen LogP contribution in [0.5, 0.6) is 0 Å². The van der Waals surface area contributed by atoms with Gasteiger partial charge in [-0.05, 0) is 18.4 Å². The van der Waals surface area contributed by atoms with Crippen molar-refractivity contribution in [3.8, 4) is 0 Å². The van der Waals surface area contributed by atoms with Gasteiger partial charge in [-0.3, -0.25) is 24.8 Å². The van der Waals surface area contributed by atoms with Gasteiger partial charge in [0.2, 0.25) is 0 Å². The quantitative estimate of drug-likeness (QED) is 0.677. The molecule has 166 valence electrons. The molecule has 3 aliphatic rings. The van der Waals surface area contributed by atoms with Crippen LogP contribution in [0.3, 0.4) is 0 Å². The van der Waals surface area contributed by atoms with E-state index in [9.17, 15) is 14.4 Å². The number of rotatable bonds is 6. The van der Waals surface area contributed by atoms with Crippen molar-refractivity contribution in [1.29, 1.82) is 0 Å². The first-order chi connectivity index (χ1) is 15.1. The third-order valence-electron chi connectivity index (χ3n) is 6.41. The second-order valence-electron chi connectivity index (χ2n) is 8.64. The van der Waals surface area contributed by atoms with E-state index in [1.165, 1.54) is 5.56 Å². The van der Waals surface area contributed by atoms with Crippen molar-refractivity contribution in [3.63, 3.8) is 0 Å². The van der Waals surface area contributed by atoms with Crippen LogP contribution in [0.4, 0.5) is 4.79 Å². The highest BCUT2D eigenvalue weighted by molar-refractivity contribution is 6.08. The molecule has 2 heterocycles. The van der Waals surface area contributed by atoms with E-state index in [-0.39, 0.29) is 18.4 Å². The summed E-state index contributed by atoms with van der Waals surface area (Å²) in [6, 6.07) is 9.70. The van der Waals surface area contributed by atoms with E-state index >= 15 is 0 Å². The molecule has 3 fully saturated rings. The predicted molar refractivity (Wildman–Crippen MR) is 118 cm³/mol. The molecule has 0 atom stereocenters. The molecule has 1 aromatic rings. The lowest BCUT2D eigenvalue weighted by molar-refractivity contribution is -0.140. The highest BCUT2D eigenvalue weighted by atomic mass is 16.2. The number of hydrazine groups is 1. The van der Waals surface area contributed by atoms with Crippen LogP contribution in [0.2, 0.25) is 0 Å². The van der Waals surface area contributed by atoms with E-state index in [2.05, 4.69) is 44.8 Å². The van der Waals surface area contributed by atoms with Crippen molar-refractivity contribution in [2.24, 2.45) is 0 Å². The standard InChI is InChI=1S/C23H31N5O3/c29-20(25-28-21(30)23(24-22(28)31)11-5-2-6-12-23)18-27-16-14-26(15-17-27)13-7-10-19-8-3-1-4-9-19/h1,3-4,7-10H,2,5-6,11-18H2,(H,24,31)(H,25,29)/b10-7+. The normalized spacial score (nSPS) is 22.3. The van der Waals surface area contributed by atoms with Crippen LogP contribution in [-0.4, -0.2) is 77.5 Å². The van der Waals surface area contributed by atoms with Crippen LogP contribution in [0.25, 0.3) is 6.08 Å². The SMILES string of the molecule is O=C(CN1CCN(C/C=C/c2ccccc2)CC1)NN1C(=O)NC2(CCCCC2)C1=O. The fraction of sp³-hybridized carbons (Fsp3) is 0.522. The number of benzene rings is 1. The van der Waals surface area contributed by atoms with Gasteiger partial charge in [0.05, 0.1) is 6.54 Å². The van der Waals surface area contributed by atoms with Gasteiger partial charge < -0.3 is 5.32 Å². The highest BCUT2D eigenvalue weighted by Gasteiger charge is 2.52. The van der Waals surface area contributed by atoms with Crippen molar-refractivity contribution >= 4 is 23.9 Å². The zero-order valence-electron chi connectivity index (χ0n) is 17.9. The zero-order chi connectivity index (χ0) is 21.7. The van der Waals surface area contributed by atoms with Crippen LogP contribution in [0.1, 0.15) is 37.7 Å². The number of amides is 4. The Kier molecular flexibility index (Phi) is 6.67. The summed E-state index contributed by atoms with van der Waals surface area (Å²) in [5.74, 6) is -0.644. The van der Waals surface area contributed by atoms with Gasteiger partial charge in [0, 0.05) is 32.7 Å². The van der Waals surface area contributed by atoms with E-state index in [4.69, 9.17) is 0 Å². The molecule has 1 saturated carbocycles. The maximum atomic E-state index is 12.8. The van der Waals surface area contributed by atoms with Crippen molar-refractivity contribution in [2.45, 2.75) is 37.6 Å². The number of nitrogens with one attached hydrogen (secondary N) is 2. The molecular weight excluding hydrogens is 394 g/mol. The molecule has 1 aliphatic carbocycles. The Morgan fingerprint density at radius 3 is 2.39 bits per heavy atom. The minimum absolute atomic E-state index is 0.178. The van der Waals surface area contributed by atoms with Gasteiger partial charge in [0.25, 0.3) is 11.8 Å². The lowest BCUT2D eigenvalue weighted by Gasteiger charge is -2.34. The Hall–Kier alpha value is -2.71. The Morgan fingerprint density at radius 2 is 1.68 bits per heavy atom. The molecule has 1 spiro atoms. The van der Waals surface area contributed by atoms with Crippen LogP contribution in [0, 0.1) is 0 Å². The Labute approximate surface area is 183 Å². The van der Waals surface area contributed by atoms with E-state index in [1.54, 1.807) is 0 Å². The number of nitrogens with zero attached hydrogens (tertiary/aromatic N) is 3. The number of hydrogen-bond acceptors (Lipinski definition) is 5. The fourth-order valence-electron chi connectivity index (χ4n) is 4.61. The first-order valence-electron chi connectivity index (χ1n) is 11.2. The molecule has 2 N–H and O–H groups in total. The maximum Gasteiger partial charge on any atom is 0.344 e. The van der Waals surface area contributed by atoms with Crippen molar-refractivity contribution in [3.05, 3.63) is 42.0 Å². The smallest absolute Gasteiger partial charge is 0.322 e. The first-order valence-corrected chi connectivity index (χ1v) is 11.2. The molecule has 4 rings (SSSR count). The number of carbonyl (C=O) groups excluding carboxylic acids is 3. The third kappa shape index (κ3) is 5.14. The molecule has 31 heavy (non-hydrogen) atoms. The summed E-state index contributed by atoms with van der Waals surface area (Å²) in [6.07, 6.45) is 8.48. The molecule has 2 saturated heterocycles. The van der Waals surface area contributed by atoms with Crippen LogP contribution >= 0.6 is 0 Å². The minimum atomic E-state index is -0.818. The lowest BCUT2D eigenvalue weighted by atomic mass is 9.82. The summed E-state index contributed by atoms with van der Waals surface area (Å²) in [4.78, 5) is 41.9. The number of hydrogen-bond donors (Lipinski definition) is 2. The van der Waals surface area contributed by atoms with Gasteiger partial charge in [0.1, 0.15) is 5.54 Å². The van der Waals surface area contributed by atoms with Crippen molar-refractivity contribution in [1.82, 2.24) is 25.6 Å². The molecular formula is C23H31N5O3. The zero-order valence-corrected chi connectivity index (χ0v) is 17.9. The Balaban J connectivity index is 1.20. The summed E-state index contributed by atoms with van der Waals surface area (Å²) < 4.78 is 0. The number of piperazine rings is 1. The van der Waals surface area contributed by atoms with Gasteiger partial charge in [-0.15, -0.1) is 0 Å². The fourth-order valence-corrected chi connectivity index (χ4v) is 4.61. The second kappa shape index (κ2) is 9.62. The second-order valence-corrected chi connectivity index (χ2v) is 8.64. The Morgan fingerprint density at radius 1 is 1.00 bits per heavy atom. The highest BCUT2D eigenvalue weighted by Crippen LogP contribution is 2.32. The summed E-state index contributed by atoms with van der Waals surface area (Å²) in [6.45, 7) is 4.35. The minimum Gasteiger partial charge on any atom is -0.322 e. The predicted octanol–water partition coefficient (Wildman–Crippen LogP) is 1.60. The molecule has 0 radical (unpaired) electrons. The van der Waals surface area contributed by atoms with Crippen molar-refractivity contribution in [2.75, 3.05) is 39.3 Å². The number of carbonyl (C=O) groups is 3. The van der Waals surface area contributed by atoms with Gasteiger partial charge in [-0.2, -0.15) is 5.01 Å². The monoisotopic (exact) mass is 425 g/mol. The number of urea groups is 1. The third-order valence-corrected chi connectivity index (χ3v) is 6.41. The van der Waals surface area contributed by atoms with Crippen LogP contribution in [0.15, 0.2) is 36.4 Å². The van der Waals surface area contributed by atoms with Crippen LogP contribution in [-0.2, 0) is 9.59 Å². The maximum absolute atomic E-state index is 12.8. The molecule has 0 aromatic heterocycles. The molecule has 0 unspecified atom stereocenters. The summed E-state index contributed by atoms with van der Waals surface area (Å²) in [5, 5.41) is 3.70. The lowest BCUT2D eigenvalue weighted by Crippen LogP contribution is -2.54. The average molecular weight is 426 g/mol. The van der Waals surface area contributed by atoms with Gasteiger partial charge in [0.15, 0.2) is 0 Å². The van der Waals surface area contributed by atoms with E-state index < -0.39 is 11.6 Å².